The molecular formula is C9H16F2. The molecule has 0 N–H and O–H groups in total. The maximum Gasteiger partial charge on any atom is 0.253 e. The SMILES string of the molecule is CC(C)C1CC(F)(F)C1(C)C. The molecule has 0 amide bonds. The van der Waals surface area contributed by atoms with Crippen molar-refractivity contribution in [2.75, 3.05) is 0 Å². The molecule has 0 radical (unpaired) electrons. The Hall–Kier alpha value is -0.140. The molecule has 1 atom stereocenters. The fraction of sp³-hybridized carbons (Fsp3) is 1.00. The molecule has 1 unspecified atom stereocenters. The highest BCUT2D eigenvalue weighted by Gasteiger charge is 2.62. The number of hydrogen-bond acceptors (Lipinski definition) is 0. The summed E-state index contributed by atoms with van der Waals surface area (Å²) in [5, 5.41) is 0. The van der Waals surface area contributed by atoms with Gasteiger partial charge in [0.1, 0.15) is 0 Å². The van der Waals surface area contributed by atoms with Crippen LogP contribution in [0.4, 0.5) is 8.78 Å². The van der Waals surface area contributed by atoms with Crippen LogP contribution < -0.4 is 0 Å². The van der Waals surface area contributed by atoms with Gasteiger partial charge in [-0.25, -0.2) is 8.78 Å². The summed E-state index contributed by atoms with van der Waals surface area (Å²) in [6.07, 6.45) is 0.0810. The summed E-state index contributed by atoms with van der Waals surface area (Å²) in [6, 6.07) is 0. The van der Waals surface area contributed by atoms with E-state index in [0.717, 1.165) is 0 Å². The molecule has 66 valence electrons. The van der Waals surface area contributed by atoms with Crippen LogP contribution in [0.25, 0.3) is 0 Å². The van der Waals surface area contributed by atoms with E-state index >= 15 is 0 Å². The van der Waals surface area contributed by atoms with E-state index in [0.29, 0.717) is 5.92 Å². The predicted molar refractivity (Wildman–Crippen MR) is 41.7 cm³/mol. The van der Waals surface area contributed by atoms with Crippen LogP contribution in [0.15, 0.2) is 0 Å². The molecule has 0 nitrogen and oxygen atoms in total. The molecule has 0 saturated heterocycles. The lowest BCUT2D eigenvalue weighted by Gasteiger charge is -2.53. The molecule has 1 aliphatic rings. The minimum Gasteiger partial charge on any atom is -0.206 e. The molecule has 1 aliphatic carbocycles. The van der Waals surface area contributed by atoms with E-state index in [-0.39, 0.29) is 12.3 Å². The van der Waals surface area contributed by atoms with Gasteiger partial charge in [0.05, 0.1) is 0 Å². The van der Waals surface area contributed by atoms with Crippen LogP contribution in [0, 0.1) is 17.3 Å². The van der Waals surface area contributed by atoms with Crippen molar-refractivity contribution in [1.29, 1.82) is 0 Å². The molecule has 0 aliphatic heterocycles. The molecule has 0 bridgehead atoms. The second-order valence-corrected chi connectivity index (χ2v) is 4.48. The summed E-state index contributed by atoms with van der Waals surface area (Å²) < 4.78 is 25.9. The molecule has 1 saturated carbocycles. The molecule has 1 rings (SSSR count). The Kier molecular flexibility index (Phi) is 1.77. The first-order valence-electron chi connectivity index (χ1n) is 4.17. The first-order chi connectivity index (χ1) is 4.79. The number of rotatable bonds is 1. The fourth-order valence-corrected chi connectivity index (χ4v) is 2.00. The van der Waals surface area contributed by atoms with Gasteiger partial charge in [-0.3, -0.25) is 0 Å². The van der Waals surface area contributed by atoms with Gasteiger partial charge in [-0.15, -0.1) is 0 Å². The Bertz CT molecular complexity index is 159. The number of halogens is 2. The minimum absolute atomic E-state index is 0.0810. The van der Waals surface area contributed by atoms with Crippen molar-refractivity contribution in [3.63, 3.8) is 0 Å². The van der Waals surface area contributed by atoms with E-state index in [1.54, 1.807) is 13.8 Å². The van der Waals surface area contributed by atoms with Crippen LogP contribution in [0.5, 0.6) is 0 Å². The Morgan fingerprint density at radius 3 is 1.82 bits per heavy atom. The molecule has 0 aromatic heterocycles. The third kappa shape index (κ3) is 1.07. The highest BCUT2D eigenvalue weighted by Crippen LogP contribution is 2.60. The summed E-state index contributed by atoms with van der Waals surface area (Å²) in [6.45, 7) is 7.37. The van der Waals surface area contributed by atoms with Gasteiger partial charge in [0, 0.05) is 11.8 Å². The summed E-state index contributed by atoms with van der Waals surface area (Å²) in [5.41, 5.74) is -0.777. The first-order valence-corrected chi connectivity index (χ1v) is 4.17. The predicted octanol–water partition coefficient (Wildman–Crippen LogP) is 3.32. The van der Waals surface area contributed by atoms with Crippen LogP contribution in [-0.2, 0) is 0 Å². The maximum atomic E-state index is 12.9. The topological polar surface area (TPSA) is 0 Å². The van der Waals surface area contributed by atoms with Crippen molar-refractivity contribution in [1.82, 2.24) is 0 Å². The van der Waals surface area contributed by atoms with Crippen molar-refractivity contribution >= 4 is 0 Å². The van der Waals surface area contributed by atoms with E-state index in [2.05, 4.69) is 0 Å². The normalized spacial score (nSPS) is 33.5. The Morgan fingerprint density at radius 2 is 1.73 bits per heavy atom. The first kappa shape index (κ1) is 8.95. The van der Waals surface area contributed by atoms with Gasteiger partial charge in [0.25, 0.3) is 5.92 Å². The van der Waals surface area contributed by atoms with E-state index < -0.39 is 11.3 Å². The Morgan fingerprint density at radius 1 is 1.27 bits per heavy atom. The van der Waals surface area contributed by atoms with Gasteiger partial charge in [-0.1, -0.05) is 27.7 Å². The third-order valence-electron chi connectivity index (χ3n) is 3.15. The second-order valence-electron chi connectivity index (χ2n) is 4.48. The average Bonchev–Trinajstić information content (AvgIpc) is 1.82. The number of alkyl halides is 2. The lowest BCUT2D eigenvalue weighted by molar-refractivity contribution is -0.237. The molecular weight excluding hydrogens is 146 g/mol. The van der Waals surface area contributed by atoms with Crippen molar-refractivity contribution in [3.8, 4) is 0 Å². The summed E-state index contributed by atoms with van der Waals surface area (Å²) in [5.74, 6) is -1.86. The van der Waals surface area contributed by atoms with Gasteiger partial charge in [0.15, 0.2) is 0 Å². The van der Waals surface area contributed by atoms with E-state index in [9.17, 15) is 8.78 Å². The fourth-order valence-electron chi connectivity index (χ4n) is 2.00. The minimum atomic E-state index is -2.43. The quantitative estimate of drug-likeness (QED) is 0.554. The van der Waals surface area contributed by atoms with Gasteiger partial charge in [-0.05, 0) is 11.8 Å². The van der Waals surface area contributed by atoms with Gasteiger partial charge >= 0.3 is 0 Å². The molecule has 0 spiro atoms. The smallest absolute Gasteiger partial charge is 0.206 e. The molecule has 2 heteroatoms. The molecule has 11 heavy (non-hydrogen) atoms. The Labute approximate surface area is 67.0 Å². The third-order valence-corrected chi connectivity index (χ3v) is 3.15. The van der Waals surface area contributed by atoms with Crippen molar-refractivity contribution in [2.45, 2.75) is 40.0 Å². The largest absolute Gasteiger partial charge is 0.253 e. The van der Waals surface area contributed by atoms with Crippen LogP contribution >= 0.6 is 0 Å². The highest BCUT2D eigenvalue weighted by molar-refractivity contribution is 5.03. The van der Waals surface area contributed by atoms with Crippen LogP contribution in [-0.4, -0.2) is 5.92 Å². The summed E-state index contributed by atoms with van der Waals surface area (Å²) >= 11 is 0. The zero-order valence-electron chi connectivity index (χ0n) is 7.62. The molecule has 0 heterocycles. The standard InChI is InChI=1S/C9H16F2/c1-6(2)7-5-9(10,11)8(7,3)4/h6-7H,5H2,1-4H3. The monoisotopic (exact) mass is 162 g/mol. The van der Waals surface area contributed by atoms with E-state index in [4.69, 9.17) is 0 Å². The van der Waals surface area contributed by atoms with Crippen molar-refractivity contribution in [3.05, 3.63) is 0 Å². The van der Waals surface area contributed by atoms with Crippen molar-refractivity contribution in [2.24, 2.45) is 17.3 Å². The zero-order chi connectivity index (χ0) is 8.86. The summed E-state index contributed by atoms with van der Waals surface area (Å²) in [4.78, 5) is 0. The van der Waals surface area contributed by atoms with Crippen molar-refractivity contribution < 1.29 is 8.78 Å². The highest BCUT2D eigenvalue weighted by atomic mass is 19.3. The van der Waals surface area contributed by atoms with Crippen LogP contribution in [0.1, 0.15) is 34.1 Å². The zero-order valence-corrected chi connectivity index (χ0v) is 7.62. The van der Waals surface area contributed by atoms with E-state index in [1.807, 2.05) is 13.8 Å². The molecule has 0 aromatic rings. The lowest BCUT2D eigenvalue weighted by Crippen LogP contribution is -2.56. The maximum absolute atomic E-state index is 12.9. The Balaban J connectivity index is 2.69. The molecule has 0 aromatic carbocycles. The van der Waals surface area contributed by atoms with Gasteiger partial charge < -0.3 is 0 Å². The average molecular weight is 162 g/mol. The van der Waals surface area contributed by atoms with Gasteiger partial charge in [0.2, 0.25) is 0 Å². The van der Waals surface area contributed by atoms with E-state index in [1.165, 1.54) is 0 Å². The van der Waals surface area contributed by atoms with Crippen LogP contribution in [0.2, 0.25) is 0 Å². The molecule has 1 fully saturated rings. The van der Waals surface area contributed by atoms with Gasteiger partial charge in [-0.2, -0.15) is 0 Å². The second kappa shape index (κ2) is 2.18. The van der Waals surface area contributed by atoms with Crippen LogP contribution in [0.3, 0.4) is 0 Å². The number of hydrogen-bond donors (Lipinski definition) is 0. The summed E-state index contributed by atoms with van der Waals surface area (Å²) in [7, 11) is 0. The lowest BCUT2D eigenvalue weighted by atomic mass is 9.55.